The lowest BCUT2D eigenvalue weighted by atomic mass is 9.83. The molecule has 8 heteroatoms. The maximum atomic E-state index is 14.3. The molecule has 0 spiro atoms. The Hall–Kier alpha value is -3.74. The van der Waals surface area contributed by atoms with Gasteiger partial charge in [-0.3, -0.25) is 9.36 Å². The summed E-state index contributed by atoms with van der Waals surface area (Å²) >= 11 is 6.11. The molecule has 2 heterocycles. The first-order chi connectivity index (χ1) is 23.0. The average molecular weight is 859 g/mol. The van der Waals surface area contributed by atoms with Crippen molar-refractivity contribution in [1.29, 1.82) is 0 Å². The monoisotopic (exact) mass is 858 g/mol. The molecule has 1 aromatic heterocycles. The molecular formula is C39H28I2N2O3S. The van der Waals surface area contributed by atoms with Crippen LogP contribution in [0.4, 0.5) is 0 Å². The summed E-state index contributed by atoms with van der Waals surface area (Å²) < 4.78 is 16.7. The number of nitrogens with zero attached hydrogens (tertiary/aromatic N) is 2. The maximum absolute atomic E-state index is 14.3. The number of para-hydroxylation sites is 1. The molecule has 0 unspecified atom stereocenters. The number of halogens is 2. The van der Waals surface area contributed by atoms with E-state index < -0.39 is 0 Å². The van der Waals surface area contributed by atoms with Crippen molar-refractivity contribution in [3.63, 3.8) is 0 Å². The van der Waals surface area contributed by atoms with E-state index in [0.29, 0.717) is 15.9 Å². The van der Waals surface area contributed by atoms with Gasteiger partial charge in [0.2, 0.25) is 0 Å². The first-order valence-electron chi connectivity index (χ1n) is 15.3. The van der Waals surface area contributed by atoms with Crippen LogP contribution in [-0.4, -0.2) is 11.7 Å². The number of benzene rings is 5. The van der Waals surface area contributed by atoms with Crippen molar-refractivity contribution in [3.8, 4) is 11.5 Å². The summed E-state index contributed by atoms with van der Waals surface area (Å²) in [5.41, 5.74) is 7.60. The SMILES string of the molecule is COc1ccccc1[C@H]1C2=C(N=c3s/c(=C\c4cc(I)c(OCc5cccc6ccccc56)c(I)c4)c(=O)n31)c1ccccc1CC2. The molecule has 0 N–H and O–H groups in total. The Morgan fingerprint density at radius 3 is 2.51 bits per heavy atom. The molecule has 5 aromatic carbocycles. The van der Waals surface area contributed by atoms with Crippen LogP contribution in [-0.2, 0) is 13.0 Å². The number of hydrogen-bond acceptors (Lipinski definition) is 5. The minimum atomic E-state index is -0.293. The zero-order valence-corrected chi connectivity index (χ0v) is 30.5. The maximum Gasteiger partial charge on any atom is 0.271 e. The molecule has 8 rings (SSSR count). The molecule has 5 nitrogen and oxygen atoms in total. The van der Waals surface area contributed by atoms with Crippen LogP contribution in [0.1, 0.15) is 40.3 Å². The third-order valence-corrected chi connectivity index (χ3v) is 11.5. The van der Waals surface area contributed by atoms with E-state index in [1.165, 1.54) is 27.7 Å². The van der Waals surface area contributed by atoms with Crippen molar-refractivity contribution < 1.29 is 9.47 Å². The quantitative estimate of drug-likeness (QED) is 0.159. The highest BCUT2D eigenvalue weighted by molar-refractivity contribution is 14.1. The van der Waals surface area contributed by atoms with Crippen LogP contribution in [0.15, 0.2) is 118 Å². The van der Waals surface area contributed by atoms with E-state index in [1.54, 1.807) is 7.11 Å². The Bertz CT molecular complexity index is 2400. The van der Waals surface area contributed by atoms with Gasteiger partial charge in [0.25, 0.3) is 5.56 Å². The highest BCUT2D eigenvalue weighted by Gasteiger charge is 2.34. The molecule has 1 atom stereocenters. The highest BCUT2D eigenvalue weighted by Crippen LogP contribution is 2.43. The number of hydrogen-bond donors (Lipinski definition) is 0. The zero-order chi connectivity index (χ0) is 32.1. The fraction of sp³-hybridized carbons (Fsp3) is 0.128. The molecule has 0 bridgehead atoms. The summed E-state index contributed by atoms with van der Waals surface area (Å²) in [7, 11) is 1.69. The Morgan fingerprint density at radius 2 is 1.66 bits per heavy atom. The minimum Gasteiger partial charge on any atom is -0.496 e. The molecule has 1 aliphatic heterocycles. The topological polar surface area (TPSA) is 52.8 Å². The predicted molar refractivity (Wildman–Crippen MR) is 206 cm³/mol. The second-order valence-electron chi connectivity index (χ2n) is 11.6. The number of methoxy groups -OCH3 is 1. The molecule has 0 saturated heterocycles. The molecular weight excluding hydrogens is 830 g/mol. The highest BCUT2D eigenvalue weighted by atomic mass is 127. The summed E-state index contributed by atoms with van der Waals surface area (Å²) in [5, 5.41) is 2.40. The van der Waals surface area contributed by atoms with Crippen molar-refractivity contribution >= 4 is 79.1 Å². The van der Waals surface area contributed by atoms with Gasteiger partial charge in [0, 0.05) is 11.1 Å². The number of thiazole rings is 1. The fourth-order valence-electron chi connectivity index (χ4n) is 6.71. The Labute approximate surface area is 303 Å². The van der Waals surface area contributed by atoms with Crippen LogP contribution < -0.4 is 24.4 Å². The number of allylic oxidation sites excluding steroid dienone is 1. The summed E-state index contributed by atoms with van der Waals surface area (Å²) in [6.45, 7) is 0.474. The van der Waals surface area contributed by atoms with Crippen molar-refractivity contribution in [1.82, 2.24) is 4.57 Å². The smallest absolute Gasteiger partial charge is 0.271 e. The van der Waals surface area contributed by atoms with Crippen molar-refractivity contribution in [2.24, 2.45) is 4.99 Å². The lowest BCUT2D eigenvalue weighted by Crippen LogP contribution is -2.39. The van der Waals surface area contributed by atoms with E-state index in [9.17, 15) is 4.79 Å². The minimum absolute atomic E-state index is 0.0450. The number of ether oxygens (including phenoxy) is 2. The summed E-state index contributed by atoms with van der Waals surface area (Å²) in [5.74, 6) is 1.61. The van der Waals surface area contributed by atoms with Gasteiger partial charge in [-0.2, -0.15) is 0 Å². The van der Waals surface area contributed by atoms with Crippen molar-refractivity contribution in [3.05, 3.63) is 163 Å². The van der Waals surface area contributed by atoms with Gasteiger partial charge in [0.1, 0.15) is 18.1 Å². The first-order valence-corrected chi connectivity index (χ1v) is 18.3. The van der Waals surface area contributed by atoms with E-state index in [2.05, 4.69) is 130 Å². The second-order valence-corrected chi connectivity index (χ2v) is 14.9. The third kappa shape index (κ3) is 5.53. The first kappa shape index (κ1) is 30.6. The zero-order valence-electron chi connectivity index (χ0n) is 25.4. The predicted octanol–water partition coefficient (Wildman–Crippen LogP) is 8.27. The standard InChI is InChI=1S/C39H28I2N2O3S/c1-45-33-16-7-6-15-29(33)36-30-18-17-25-10-3-5-14-28(25)35(30)42-39-43(36)38(44)34(47-39)21-23-19-31(40)37(32(41)20-23)46-22-26-12-8-11-24-9-2-4-13-27(24)26/h2-16,19-21,36H,17-18,22H2,1H3/b34-21-/t36-/m0/s1. The van der Waals surface area contributed by atoms with E-state index in [-0.39, 0.29) is 11.6 Å². The summed E-state index contributed by atoms with van der Waals surface area (Å²) in [6, 6.07) is 35.1. The van der Waals surface area contributed by atoms with Gasteiger partial charge in [-0.15, -0.1) is 0 Å². The summed E-state index contributed by atoms with van der Waals surface area (Å²) in [4.78, 5) is 20.2. The molecule has 6 aromatic rings. The van der Waals surface area contributed by atoms with Crippen molar-refractivity contribution in [2.75, 3.05) is 7.11 Å². The van der Waals surface area contributed by atoms with E-state index >= 15 is 0 Å². The van der Waals surface area contributed by atoms with Gasteiger partial charge in [-0.05, 0) is 115 Å². The van der Waals surface area contributed by atoms with E-state index in [4.69, 9.17) is 14.5 Å². The van der Waals surface area contributed by atoms with Crippen LogP contribution in [0.3, 0.4) is 0 Å². The molecule has 47 heavy (non-hydrogen) atoms. The van der Waals surface area contributed by atoms with Gasteiger partial charge >= 0.3 is 0 Å². The van der Waals surface area contributed by atoms with Crippen LogP contribution in [0.25, 0.3) is 22.5 Å². The number of aromatic nitrogens is 1. The van der Waals surface area contributed by atoms with E-state index in [0.717, 1.165) is 65.0 Å². The van der Waals surface area contributed by atoms with Crippen molar-refractivity contribution in [2.45, 2.75) is 25.5 Å². The molecule has 1 aliphatic carbocycles. The van der Waals surface area contributed by atoms with Crippen LogP contribution in [0.2, 0.25) is 0 Å². The third-order valence-electron chi connectivity index (χ3n) is 8.88. The van der Waals surface area contributed by atoms with Crippen LogP contribution >= 0.6 is 56.5 Å². The molecule has 0 fully saturated rings. The average Bonchev–Trinajstić information content (AvgIpc) is 3.40. The normalized spacial score (nSPS) is 15.6. The van der Waals surface area contributed by atoms with E-state index in [1.807, 2.05) is 28.8 Å². The molecule has 0 amide bonds. The number of fused-ring (bicyclic) bond motifs is 4. The van der Waals surface area contributed by atoms with Gasteiger partial charge in [0.15, 0.2) is 4.80 Å². The number of aryl methyl sites for hydroxylation is 1. The Kier molecular flexibility index (Phi) is 8.27. The molecule has 0 radical (unpaired) electrons. The number of rotatable bonds is 6. The summed E-state index contributed by atoms with van der Waals surface area (Å²) in [6.07, 6.45) is 3.73. The lowest BCUT2D eigenvalue weighted by molar-refractivity contribution is 0.303. The van der Waals surface area contributed by atoms with Crippen LogP contribution in [0.5, 0.6) is 11.5 Å². The van der Waals surface area contributed by atoms with Gasteiger partial charge in [-0.1, -0.05) is 96.3 Å². The van der Waals surface area contributed by atoms with Gasteiger partial charge < -0.3 is 9.47 Å². The Balaban J connectivity index is 1.20. The largest absolute Gasteiger partial charge is 0.496 e. The van der Waals surface area contributed by atoms with Crippen LogP contribution in [0, 0.1) is 7.14 Å². The molecule has 232 valence electrons. The fourth-order valence-corrected chi connectivity index (χ4v) is 9.84. The van der Waals surface area contributed by atoms with Gasteiger partial charge in [-0.25, -0.2) is 4.99 Å². The lowest BCUT2D eigenvalue weighted by Gasteiger charge is -2.31. The Morgan fingerprint density at radius 1 is 0.915 bits per heavy atom. The van der Waals surface area contributed by atoms with Gasteiger partial charge in [0.05, 0.1) is 30.5 Å². The molecule has 0 saturated carbocycles. The molecule has 2 aliphatic rings. The second kappa shape index (κ2) is 12.7.